The highest BCUT2D eigenvalue weighted by Crippen LogP contribution is 2.04. The number of rotatable bonds is 3. The summed E-state index contributed by atoms with van der Waals surface area (Å²) < 4.78 is 5.01. The van der Waals surface area contributed by atoms with Crippen molar-refractivity contribution in [1.82, 2.24) is 15.1 Å². The molecule has 6 heteroatoms. The van der Waals surface area contributed by atoms with E-state index in [9.17, 15) is 4.79 Å². The van der Waals surface area contributed by atoms with E-state index in [1.54, 1.807) is 6.92 Å². The van der Waals surface area contributed by atoms with Crippen molar-refractivity contribution in [3.63, 3.8) is 0 Å². The van der Waals surface area contributed by atoms with Crippen LogP contribution >= 0.6 is 0 Å². The fourth-order valence-corrected chi connectivity index (χ4v) is 1.33. The molecule has 0 bridgehead atoms. The lowest BCUT2D eigenvalue weighted by Gasteiger charge is -2.02. The summed E-state index contributed by atoms with van der Waals surface area (Å²) >= 11 is 0. The molecule has 84 valence electrons. The summed E-state index contributed by atoms with van der Waals surface area (Å²) in [5.41, 5.74) is 1.31. The average molecular weight is 220 g/mol. The number of aryl methyl sites for hydroxylation is 2. The second kappa shape index (κ2) is 4.18. The summed E-state index contributed by atoms with van der Waals surface area (Å²) in [5, 5.41) is 6.71. The van der Waals surface area contributed by atoms with E-state index >= 15 is 0 Å². The van der Waals surface area contributed by atoms with E-state index in [1.165, 1.54) is 6.07 Å². The summed E-state index contributed by atoms with van der Waals surface area (Å²) in [6.07, 6.45) is 0. The fraction of sp³-hybridized carbons (Fsp3) is 0.300. The van der Waals surface area contributed by atoms with E-state index in [0.717, 1.165) is 5.69 Å². The third-order valence-electron chi connectivity index (χ3n) is 1.98. The van der Waals surface area contributed by atoms with Gasteiger partial charge in [-0.2, -0.15) is 0 Å². The minimum absolute atomic E-state index is 0.177. The zero-order valence-corrected chi connectivity index (χ0v) is 9.07. The number of nitrogens with one attached hydrogen (secondary N) is 2. The Hall–Kier alpha value is -2.11. The molecule has 2 N–H and O–H groups in total. The van der Waals surface area contributed by atoms with E-state index in [-0.39, 0.29) is 5.56 Å². The molecule has 16 heavy (non-hydrogen) atoms. The molecule has 0 aliphatic carbocycles. The maximum absolute atomic E-state index is 11.2. The molecule has 2 aromatic heterocycles. The van der Waals surface area contributed by atoms with Crippen LogP contribution in [0.5, 0.6) is 0 Å². The first-order valence-electron chi connectivity index (χ1n) is 4.87. The number of hydrogen-bond acceptors (Lipinski definition) is 5. The molecule has 0 unspecified atom stereocenters. The Bertz CT molecular complexity index is 544. The molecule has 0 aliphatic heterocycles. The Kier molecular flexibility index (Phi) is 2.72. The van der Waals surface area contributed by atoms with Crippen LogP contribution in [0.25, 0.3) is 0 Å². The van der Waals surface area contributed by atoms with Crippen LogP contribution in [0.1, 0.15) is 17.1 Å². The van der Waals surface area contributed by atoms with Gasteiger partial charge >= 0.3 is 0 Å². The number of aromatic amines is 1. The summed E-state index contributed by atoms with van der Waals surface area (Å²) in [7, 11) is 0. The zero-order chi connectivity index (χ0) is 11.5. The second-order valence-corrected chi connectivity index (χ2v) is 3.52. The monoisotopic (exact) mass is 220 g/mol. The lowest BCUT2D eigenvalue weighted by molar-refractivity contribution is 0.384. The van der Waals surface area contributed by atoms with Gasteiger partial charge in [0.2, 0.25) is 5.95 Å². The van der Waals surface area contributed by atoms with Crippen LogP contribution in [0.2, 0.25) is 0 Å². The predicted molar refractivity (Wildman–Crippen MR) is 58.2 cm³/mol. The first kappa shape index (κ1) is 10.4. The molecule has 0 atom stereocenters. The Morgan fingerprint density at radius 3 is 2.81 bits per heavy atom. The molecule has 2 heterocycles. The molecule has 6 nitrogen and oxygen atoms in total. The van der Waals surface area contributed by atoms with Gasteiger partial charge in [-0.15, -0.1) is 0 Å². The van der Waals surface area contributed by atoms with Crippen molar-refractivity contribution in [2.45, 2.75) is 20.4 Å². The first-order valence-corrected chi connectivity index (χ1v) is 4.87. The van der Waals surface area contributed by atoms with Gasteiger partial charge in [0.15, 0.2) is 5.76 Å². The molecule has 2 rings (SSSR count). The molecule has 0 fully saturated rings. The van der Waals surface area contributed by atoms with Gasteiger partial charge in [0.25, 0.3) is 5.56 Å². The Morgan fingerprint density at radius 1 is 1.38 bits per heavy atom. The van der Waals surface area contributed by atoms with Crippen LogP contribution in [0.15, 0.2) is 21.5 Å². The van der Waals surface area contributed by atoms with Crippen molar-refractivity contribution in [2.24, 2.45) is 0 Å². The number of aromatic nitrogens is 3. The Balaban J connectivity index is 2.07. The molecular formula is C10H12N4O2. The lowest BCUT2D eigenvalue weighted by Crippen LogP contribution is -2.12. The maximum atomic E-state index is 11.2. The van der Waals surface area contributed by atoms with Crippen LogP contribution < -0.4 is 10.9 Å². The van der Waals surface area contributed by atoms with E-state index in [1.807, 2.05) is 13.0 Å². The van der Waals surface area contributed by atoms with Gasteiger partial charge in [0, 0.05) is 17.8 Å². The van der Waals surface area contributed by atoms with Crippen molar-refractivity contribution in [3.05, 3.63) is 39.6 Å². The van der Waals surface area contributed by atoms with Crippen molar-refractivity contribution in [1.29, 1.82) is 0 Å². The number of hydrogen-bond donors (Lipinski definition) is 2. The van der Waals surface area contributed by atoms with Crippen LogP contribution in [0, 0.1) is 13.8 Å². The van der Waals surface area contributed by atoms with Crippen molar-refractivity contribution < 1.29 is 4.52 Å². The zero-order valence-electron chi connectivity index (χ0n) is 9.07. The molecule has 0 radical (unpaired) electrons. The maximum Gasteiger partial charge on any atom is 0.252 e. The van der Waals surface area contributed by atoms with Gasteiger partial charge in [0.05, 0.1) is 12.2 Å². The van der Waals surface area contributed by atoms with Gasteiger partial charge in [0.1, 0.15) is 0 Å². The predicted octanol–water partition coefficient (Wildman–Crippen LogP) is 0.987. The molecule has 0 saturated heterocycles. The van der Waals surface area contributed by atoms with Gasteiger partial charge < -0.3 is 9.84 Å². The quantitative estimate of drug-likeness (QED) is 0.805. The van der Waals surface area contributed by atoms with Crippen LogP contribution in [-0.2, 0) is 6.54 Å². The van der Waals surface area contributed by atoms with Gasteiger partial charge in [-0.3, -0.25) is 9.78 Å². The summed E-state index contributed by atoms with van der Waals surface area (Å²) in [6.45, 7) is 4.05. The molecule has 0 spiro atoms. The number of anilines is 1. The topological polar surface area (TPSA) is 83.8 Å². The molecule has 0 amide bonds. The molecule has 0 saturated carbocycles. The second-order valence-electron chi connectivity index (χ2n) is 3.52. The summed E-state index contributed by atoms with van der Waals surface area (Å²) in [6, 6.07) is 3.25. The van der Waals surface area contributed by atoms with Crippen molar-refractivity contribution >= 4 is 5.95 Å². The van der Waals surface area contributed by atoms with Crippen LogP contribution in [-0.4, -0.2) is 15.1 Å². The normalized spacial score (nSPS) is 10.4. The average Bonchev–Trinajstić information content (AvgIpc) is 2.60. The minimum atomic E-state index is -0.177. The summed E-state index contributed by atoms with van der Waals surface area (Å²) in [5.74, 6) is 1.13. The first-order chi connectivity index (χ1) is 7.63. The van der Waals surface area contributed by atoms with Gasteiger partial charge in [-0.05, 0) is 13.8 Å². The fourth-order valence-electron chi connectivity index (χ4n) is 1.33. The van der Waals surface area contributed by atoms with Crippen LogP contribution in [0.3, 0.4) is 0 Å². The van der Waals surface area contributed by atoms with E-state index < -0.39 is 0 Å². The largest absolute Gasteiger partial charge is 0.359 e. The third-order valence-corrected chi connectivity index (χ3v) is 1.98. The summed E-state index contributed by atoms with van der Waals surface area (Å²) in [4.78, 5) is 17.9. The van der Waals surface area contributed by atoms with E-state index in [2.05, 4.69) is 20.4 Å². The number of H-pyrrole nitrogens is 1. The highest BCUT2D eigenvalue weighted by Gasteiger charge is 2.02. The molecular weight excluding hydrogens is 208 g/mol. The molecule has 2 aromatic rings. The van der Waals surface area contributed by atoms with Gasteiger partial charge in [-0.1, -0.05) is 5.16 Å². The minimum Gasteiger partial charge on any atom is -0.359 e. The van der Waals surface area contributed by atoms with E-state index in [4.69, 9.17) is 4.52 Å². The SMILES string of the molecule is Cc1cc(CNc2nc(C)cc(=O)[nH]2)on1. The lowest BCUT2D eigenvalue weighted by atomic mass is 10.4. The standard InChI is InChI=1S/C10H12N4O2/c1-6-4-9(15)13-10(12-6)11-5-8-3-7(2)14-16-8/h3-4H,5H2,1-2H3,(H2,11,12,13,15). The highest BCUT2D eigenvalue weighted by atomic mass is 16.5. The Morgan fingerprint density at radius 2 is 2.19 bits per heavy atom. The highest BCUT2D eigenvalue weighted by molar-refractivity contribution is 5.25. The van der Waals surface area contributed by atoms with Crippen molar-refractivity contribution in [3.8, 4) is 0 Å². The van der Waals surface area contributed by atoms with Gasteiger partial charge in [-0.25, -0.2) is 4.98 Å². The molecule has 0 aromatic carbocycles. The smallest absolute Gasteiger partial charge is 0.252 e. The number of nitrogens with zero attached hydrogens (tertiary/aromatic N) is 2. The van der Waals surface area contributed by atoms with E-state index in [0.29, 0.717) is 23.9 Å². The third kappa shape index (κ3) is 2.47. The Labute approximate surface area is 91.7 Å². The molecule has 0 aliphatic rings. The van der Waals surface area contributed by atoms with Crippen molar-refractivity contribution in [2.75, 3.05) is 5.32 Å². The van der Waals surface area contributed by atoms with Crippen LogP contribution in [0.4, 0.5) is 5.95 Å².